The van der Waals surface area contributed by atoms with E-state index in [1.807, 2.05) is 0 Å². The molecular weight excluding hydrogens is 226 g/mol. The third kappa shape index (κ3) is 1.75. The number of nitrogens with two attached hydrogens (primary N) is 1. The smallest absolute Gasteiger partial charge is 0.283 e. The first-order valence-corrected chi connectivity index (χ1v) is 5.29. The standard InChI is InChI=1S/C12H14F2N2O/c1-11(14)7-17-10(15)16-12(11,2)8-5-3-4-6-9(8)13/h3-6H,7H2,1-2H3,(H2,15,16)/t11-,12+/m0/s1. The van der Waals surface area contributed by atoms with Crippen LogP contribution in [0, 0.1) is 5.82 Å². The van der Waals surface area contributed by atoms with E-state index in [0.717, 1.165) is 0 Å². The van der Waals surface area contributed by atoms with Crippen LogP contribution < -0.4 is 5.73 Å². The maximum atomic E-state index is 14.5. The number of aliphatic imine (C=N–C) groups is 1. The van der Waals surface area contributed by atoms with Crippen LogP contribution in [0.5, 0.6) is 0 Å². The van der Waals surface area contributed by atoms with E-state index in [2.05, 4.69) is 4.99 Å². The van der Waals surface area contributed by atoms with Crippen molar-refractivity contribution in [3.05, 3.63) is 35.6 Å². The van der Waals surface area contributed by atoms with Crippen molar-refractivity contribution in [2.45, 2.75) is 25.1 Å². The van der Waals surface area contributed by atoms with Crippen LogP contribution in [0.1, 0.15) is 19.4 Å². The number of ether oxygens (including phenoxy) is 1. The molecule has 0 amide bonds. The van der Waals surface area contributed by atoms with E-state index in [1.54, 1.807) is 12.1 Å². The van der Waals surface area contributed by atoms with Crippen LogP contribution in [-0.2, 0) is 10.3 Å². The van der Waals surface area contributed by atoms with E-state index >= 15 is 0 Å². The number of halogens is 2. The molecule has 2 rings (SSSR count). The molecule has 0 spiro atoms. The third-order valence-corrected chi connectivity index (χ3v) is 3.24. The van der Waals surface area contributed by atoms with E-state index in [-0.39, 0.29) is 18.2 Å². The van der Waals surface area contributed by atoms with Gasteiger partial charge in [-0.15, -0.1) is 0 Å². The first-order chi connectivity index (χ1) is 7.87. The van der Waals surface area contributed by atoms with E-state index in [4.69, 9.17) is 10.5 Å². The Hall–Kier alpha value is -1.65. The van der Waals surface area contributed by atoms with Gasteiger partial charge in [-0.3, -0.25) is 0 Å². The van der Waals surface area contributed by atoms with Crippen LogP contribution in [0.15, 0.2) is 29.3 Å². The summed E-state index contributed by atoms with van der Waals surface area (Å²) < 4.78 is 33.2. The van der Waals surface area contributed by atoms with Crippen LogP contribution in [0.2, 0.25) is 0 Å². The van der Waals surface area contributed by atoms with E-state index in [1.165, 1.54) is 26.0 Å². The summed E-state index contributed by atoms with van der Waals surface area (Å²) >= 11 is 0. The zero-order valence-corrected chi connectivity index (χ0v) is 9.71. The molecular formula is C12H14F2N2O. The predicted octanol–water partition coefficient (Wildman–Crippen LogP) is 2.11. The molecule has 0 saturated heterocycles. The lowest BCUT2D eigenvalue weighted by Crippen LogP contribution is -2.52. The van der Waals surface area contributed by atoms with Crippen LogP contribution in [0.25, 0.3) is 0 Å². The molecule has 0 aromatic heterocycles. The second kappa shape index (κ2) is 3.68. The normalized spacial score (nSPS) is 32.8. The van der Waals surface area contributed by atoms with Gasteiger partial charge in [-0.2, -0.15) is 0 Å². The van der Waals surface area contributed by atoms with Gasteiger partial charge in [-0.25, -0.2) is 13.8 Å². The van der Waals surface area contributed by atoms with Crippen molar-refractivity contribution >= 4 is 6.02 Å². The summed E-state index contributed by atoms with van der Waals surface area (Å²) in [4.78, 5) is 3.96. The minimum atomic E-state index is -1.82. The van der Waals surface area contributed by atoms with Crippen molar-refractivity contribution in [3.8, 4) is 0 Å². The van der Waals surface area contributed by atoms with Gasteiger partial charge in [0.2, 0.25) is 0 Å². The molecule has 17 heavy (non-hydrogen) atoms. The SMILES string of the molecule is C[C@]1(F)COC(N)=N[C@]1(C)c1ccccc1F. The fraction of sp³-hybridized carbons (Fsp3) is 0.417. The maximum Gasteiger partial charge on any atom is 0.283 e. The van der Waals surface area contributed by atoms with Crippen molar-refractivity contribution in [1.82, 2.24) is 0 Å². The molecule has 92 valence electrons. The molecule has 1 heterocycles. The van der Waals surface area contributed by atoms with E-state index < -0.39 is 17.0 Å². The molecule has 1 aliphatic heterocycles. The lowest BCUT2D eigenvalue weighted by atomic mass is 9.78. The van der Waals surface area contributed by atoms with E-state index in [0.29, 0.717) is 0 Å². The van der Waals surface area contributed by atoms with Gasteiger partial charge in [0.15, 0.2) is 5.67 Å². The summed E-state index contributed by atoms with van der Waals surface area (Å²) in [6.07, 6.45) is 0. The molecule has 1 aromatic rings. The van der Waals surface area contributed by atoms with Crippen molar-refractivity contribution in [2.75, 3.05) is 6.61 Å². The Bertz CT molecular complexity index is 473. The molecule has 2 N–H and O–H groups in total. The highest BCUT2D eigenvalue weighted by molar-refractivity contribution is 5.73. The summed E-state index contributed by atoms with van der Waals surface area (Å²) in [5, 5.41) is 0. The summed E-state index contributed by atoms with van der Waals surface area (Å²) in [7, 11) is 0. The molecule has 0 radical (unpaired) electrons. The molecule has 0 unspecified atom stereocenters. The first-order valence-electron chi connectivity index (χ1n) is 5.29. The molecule has 5 heteroatoms. The van der Waals surface area contributed by atoms with Crippen molar-refractivity contribution in [1.29, 1.82) is 0 Å². The van der Waals surface area contributed by atoms with Crippen LogP contribution >= 0.6 is 0 Å². The fourth-order valence-electron chi connectivity index (χ4n) is 1.92. The number of benzene rings is 1. The number of hydrogen-bond donors (Lipinski definition) is 1. The Kier molecular flexibility index (Phi) is 2.56. The summed E-state index contributed by atoms with van der Waals surface area (Å²) in [6, 6.07) is 5.85. The van der Waals surface area contributed by atoms with Crippen molar-refractivity contribution in [3.63, 3.8) is 0 Å². The molecule has 0 fully saturated rings. The zero-order chi connectivity index (χ0) is 12.7. The molecule has 1 aliphatic rings. The second-order valence-corrected chi connectivity index (χ2v) is 4.49. The van der Waals surface area contributed by atoms with Gasteiger partial charge in [0.1, 0.15) is 18.0 Å². The van der Waals surface area contributed by atoms with Gasteiger partial charge in [-0.1, -0.05) is 18.2 Å². The largest absolute Gasteiger partial charge is 0.462 e. The highest BCUT2D eigenvalue weighted by Gasteiger charge is 2.51. The van der Waals surface area contributed by atoms with E-state index in [9.17, 15) is 8.78 Å². The van der Waals surface area contributed by atoms with Gasteiger partial charge < -0.3 is 10.5 Å². The van der Waals surface area contributed by atoms with Crippen molar-refractivity contribution in [2.24, 2.45) is 10.7 Å². The maximum absolute atomic E-state index is 14.5. The number of alkyl halides is 1. The Morgan fingerprint density at radius 3 is 2.65 bits per heavy atom. The van der Waals surface area contributed by atoms with Crippen LogP contribution in [0.4, 0.5) is 8.78 Å². The highest BCUT2D eigenvalue weighted by atomic mass is 19.1. The first kappa shape index (κ1) is 11.8. The fourth-order valence-corrected chi connectivity index (χ4v) is 1.92. The summed E-state index contributed by atoms with van der Waals surface area (Å²) in [5.74, 6) is -0.502. The minimum absolute atomic E-state index is 0.120. The minimum Gasteiger partial charge on any atom is -0.462 e. The van der Waals surface area contributed by atoms with Crippen LogP contribution in [-0.4, -0.2) is 18.3 Å². The van der Waals surface area contributed by atoms with Crippen LogP contribution in [0.3, 0.4) is 0 Å². The van der Waals surface area contributed by atoms with Gasteiger partial charge in [0.25, 0.3) is 6.02 Å². The van der Waals surface area contributed by atoms with Gasteiger partial charge in [0.05, 0.1) is 0 Å². The lowest BCUT2D eigenvalue weighted by molar-refractivity contribution is 0.00401. The lowest BCUT2D eigenvalue weighted by Gasteiger charge is -2.40. The Morgan fingerprint density at radius 1 is 1.35 bits per heavy atom. The summed E-state index contributed by atoms with van der Waals surface area (Å²) in [6.45, 7) is 2.60. The second-order valence-electron chi connectivity index (χ2n) is 4.49. The van der Waals surface area contributed by atoms with Gasteiger partial charge >= 0.3 is 0 Å². The molecule has 1 aromatic carbocycles. The van der Waals surface area contributed by atoms with Gasteiger partial charge in [0, 0.05) is 5.56 Å². The molecule has 3 nitrogen and oxygen atoms in total. The quantitative estimate of drug-likeness (QED) is 0.817. The van der Waals surface area contributed by atoms with Crippen molar-refractivity contribution < 1.29 is 13.5 Å². The Morgan fingerprint density at radius 2 is 2.00 bits per heavy atom. The monoisotopic (exact) mass is 240 g/mol. The predicted molar refractivity (Wildman–Crippen MR) is 60.8 cm³/mol. The molecule has 0 bridgehead atoms. The number of hydrogen-bond acceptors (Lipinski definition) is 3. The van der Waals surface area contributed by atoms with Gasteiger partial charge in [-0.05, 0) is 19.9 Å². The molecule has 0 aliphatic carbocycles. The highest BCUT2D eigenvalue weighted by Crippen LogP contribution is 2.42. The topological polar surface area (TPSA) is 47.6 Å². The molecule has 0 saturated carbocycles. The number of nitrogens with zero attached hydrogens (tertiary/aromatic N) is 1. The number of rotatable bonds is 1. The average molecular weight is 240 g/mol. The number of amidine groups is 1. The average Bonchev–Trinajstić information content (AvgIpc) is 2.25. The molecule has 2 atom stereocenters. The summed E-state index contributed by atoms with van der Waals surface area (Å²) in [5.41, 5.74) is 2.44. The Balaban J connectivity index is 2.61. The zero-order valence-electron chi connectivity index (χ0n) is 9.71. The third-order valence-electron chi connectivity index (χ3n) is 3.24. The Labute approximate surface area is 98.3 Å².